The van der Waals surface area contributed by atoms with Gasteiger partial charge in [-0.15, -0.1) is 11.3 Å². The van der Waals surface area contributed by atoms with E-state index in [-0.39, 0.29) is 12.5 Å². The highest BCUT2D eigenvalue weighted by Gasteiger charge is 2.10. The van der Waals surface area contributed by atoms with E-state index in [1.54, 1.807) is 16.2 Å². The van der Waals surface area contributed by atoms with Crippen LogP contribution in [0.3, 0.4) is 0 Å². The molecule has 1 heterocycles. The van der Waals surface area contributed by atoms with E-state index in [1.165, 1.54) is 4.88 Å². The van der Waals surface area contributed by atoms with Gasteiger partial charge in [0.25, 0.3) is 0 Å². The summed E-state index contributed by atoms with van der Waals surface area (Å²) in [7, 11) is 0. The Hall–Kier alpha value is -1.34. The molecule has 0 bridgehead atoms. The number of hydrogen-bond donors (Lipinski definition) is 0. The first kappa shape index (κ1) is 12.7. The van der Waals surface area contributed by atoms with Crippen LogP contribution in [0, 0.1) is 11.3 Å². The molecule has 0 fully saturated rings. The zero-order valence-electron chi connectivity index (χ0n) is 9.48. The lowest BCUT2D eigenvalue weighted by Gasteiger charge is -2.16. The third-order valence-electron chi connectivity index (χ3n) is 2.39. The second-order valence-electron chi connectivity index (χ2n) is 3.50. The van der Waals surface area contributed by atoms with Crippen molar-refractivity contribution in [2.45, 2.75) is 26.2 Å². The van der Waals surface area contributed by atoms with E-state index in [9.17, 15) is 4.79 Å². The fraction of sp³-hybridized carbons (Fsp3) is 0.500. The van der Waals surface area contributed by atoms with Crippen molar-refractivity contribution in [1.82, 2.24) is 4.90 Å². The van der Waals surface area contributed by atoms with Crippen LogP contribution in [0.25, 0.3) is 0 Å². The molecule has 1 amide bonds. The fourth-order valence-corrected chi connectivity index (χ4v) is 2.24. The summed E-state index contributed by atoms with van der Waals surface area (Å²) in [6.45, 7) is 2.72. The maximum Gasteiger partial charge on any atom is 0.223 e. The van der Waals surface area contributed by atoms with Crippen molar-refractivity contribution in [3.05, 3.63) is 22.4 Å². The van der Waals surface area contributed by atoms with E-state index in [4.69, 9.17) is 5.26 Å². The van der Waals surface area contributed by atoms with Crippen molar-refractivity contribution in [2.24, 2.45) is 0 Å². The predicted octanol–water partition coefficient (Wildman–Crippen LogP) is 2.44. The summed E-state index contributed by atoms with van der Waals surface area (Å²) in [6, 6.07) is 6.12. The first-order valence-corrected chi connectivity index (χ1v) is 6.33. The summed E-state index contributed by atoms with van der Waals surface area (Å²) in [6.07, 6.45) is 2.35. The highest BCUT2D eigenvalue weighted by Crippen LogP contribution is 2.12. The second kappa shape index (κ2) is 7.02. The number of carbonyl (C=O) groups excluding carboxylic acids is 1. The third kappa shape index (κ3) is 4.03. The van der Waals surface area contributed by atoms with Crippen LogP contribution in [-0.2, 0) is 11.2 Å². The maximum absolute atomic E-state index is 11.7. The Kier molecular flexibility index (Phi) is 5.58. The first-order chi connectivity index (χ1) is 7.77. The Labute approximate surface area is 100 Å². The molecule has 0 spiro atoms. The third-order valence-corrected chi connectivity index (χ3v) is 3.33. The molecule has 0 saturated carbocycles. The second-order valence-corrected chi connectivity index (χ2v) is 4.53. The Bertz CT molecular complexity index is 354. The topological polar surface area (TPSA) is 44.1 Å². The number of rotatable bonds is 6. The van der Waals surface area contributed by atoms with Crippen LogP contribution in [0.5, 0.6) is 0 Å². The van der Waals surface area contributed by atoms with Gasteiger partial charge < -0.3 is 4.90 Å². The Morgan fingerprint density at radius 3 is 3.00 bits per heavy atom. The van der Waals surface area contributed by atoms with E-state index in [0.717, 1.165) is 12.8 Å². The Morgan fingerprint density at radius 1 is 1.62 bits per heavy atom. The number of carbonyl (C=O) groups is 1. The molecule has 0 aromatic carbocycles. The van der Waals surface area contributed by atoms with Gasteiger partial charge in [0, 0.05) is 17.8 Å². The maximum atomic E-state index is 11.7. The molecule has 4 heteroatoms. The molecule has 1 rings (SSSR count). The molecule has 0 saturated heterocycles. The van der Waals surface area contributed by atoms with Gasteiger partial charge in [-0.2, -0.15) is 5.26 Å². The summed E-state index contributed by atoms with van der Waals surface area (Å²) in [5.41, 5.74) is 0. The lowest BCUT2D eigenvalue weighted by Crippen LogP contribution is -2.30. The van der Waals surface area contributed by atoms with E-state index in [2.05, 4.69) is 6.07 Å². The largest absolute Gasteiger partial charge is 0.330 e. The molecule has 0 aliphatic carbocycles. The number of amides is 1. The van der Waals surface area contributed by atoms with Crippen molar-refractivity contribution < 1.29 is 4.79 Å². The molecular formula is C12H16N2OS. The Balaban J connectivity index is 2.26. The highest BCUT2D eigenvalue weighted by atomic mass is 32.1. The van der Waals surface area contributed by atoms with E-state index >= 15 is 0 Å². The molecule has 0 radical (unpaired) electrons. The highest BCUT2D eigenvalue weighted by molar-refractivity contribution is 7.09. The summed E-state index contributed by atoms with van der Waals surface area (Å²) in [4.78, 5) is 14.6. The number of aryl methyl sites for hydroxylation is 1. The predicted molar refractivity (Wildman–Crippen MR) is 65.1 cm³/mol. The van der Waals surface area contributed by atoms with Crippen LogP contribution >= 0.6 is 11.3 Å². The molecule has 0 unspecified atom stereocenters. The lowest BCUT2D eigenvalue weighted by molar-refractivity contribution is -0.130. The molecule has 0 aliphatic heterocycles. The minimum Gasteiger partial charge on any atom is -0.330 e. The van der Waals surface area contributed by atoms with Gasteiger partial charge in [-0.3, -0.25) is 4.79 Å². The van der Waals surface area contributed by atoms with Crippen LogP contribution in [0.15, 0.2) is 17.5 Å². The van der Waals surface area contributed by atoms with Gasteiger partial charge in [0.15, 0.2) is 0 Å². The van der Waals surface area contributed by atoms with Crippen molar-refractivity contribution in [3.63, 3.8) is 0 Å². The quantitative estimate of drug-likeness (QED) is 0.712. The fourth-order valence-electron chi connectivity index (χ4n) is 1.49. The van der Waals surface area contributed by atoms with Crippen LogP contribution < -0.4 is 0 Å². The number of thiophene rings is 1. The average molecular weight is 236 g/mol. The van der Waals surface area contributed by atoms with Crippen molar-refractivity contribution >= 4 is 17.2 Å². The molecule has 1 aromatic rings. The van der Waals surface area contributed by atoms with Crippen LogP contribution in [0.4, 0.5) is 0 Å². The molecule has 1 aromatic heterocycles. The molecule has 16 heavy (non-hydrogen) atoms. The van der Waals surface area contributed by atoms with Gasteiger partial charge in [0.2, 0.25) is 5.91 Å². The van der Waals surface area contributed by atoms with Crippen LogP contribution in [-0.4, -0.2) is 23.9 Å². The molecule has 0 N–H and O–H groups in total. The van der Waals surface area contributed by atoms with Crippen molar-refractivity contribution in [1.29, 1.82) is 5.26 Å². The van der Waals surface area contributed by atoms with Crippen LogP contribution in [0.1, 0.15) is 24.6 Å². The SMILES string of the molecule is CCN(CC#N)C(=O)CCCc1cccs1. The first-order valence-electron chi connectivity index (χ1n) is 5.45. The zero-order valence-corrected chi connectivity index (χ0v) is 10.3. The molecule has 0 aliphatic rings. The van der Waals surface area contributed by atoms with Crippen molar-refractivity contribution in [2.75, 3.05) is 13.1 Å². The lowest BCUT2D eigenvalue weighted by atomic mass is 10.2. The van der Waals surface area contributed by atoms with E-state index < -0.39 is 0 Å². The Morgan fingerprint density at radius 2 is 2.44 bits per heavy atom. The zero-order chi connectivity index (χ0) is 11.8. The summed E-state index contributed by atoms with van der Waals surface area (Å²) >= 11 is 1.72. The molecule has 0 atom stereocenters. The monoisotopic (exact) mass is 236 g/mol. The van der Waals surface area contributed by atoms with E-state index in [0.29, 0.717) is 13.0 Å². The minimum absolute atomic E-state index is 0.0839. The van der Waals surface area contributed by atoms with Gasteiger partial charge >= 0.3 is 0 Å². The van der Waals surface area contributed by atoms with E-state index in [1.807, 2.05) is 24.4 Å². The summed E-state index contributed by atoms with van der Waals surface area (Å²) < 4.78 is 0. The molecular weight excluding hydrogens is 220 g/mol. The number of nitrogens with zero attached hydrogens (tertiary/aromatic N) is 2. The minimum atomic E-state index is 0.0839. The average Bonchev–Trinajstić information content (AvgIpc) is 2.78. The smallest absolute Gasteiger partial charge is 0.223 e. The molecule has 3 nitrogen and oxygen atoms in total. The van der Waals surface area contributed by atoms with Gasteiger partial charge in [-0.1, -0.05) is 6.07 Å². The van der Waals surface area contributed by atoms with Crippen LogP contribution in [0.2, 0.25) is 0 Å². The van der Waals surface area contributed by atoms with Crippen molar-refractivity contribution in [3.8, 4) is 6.07 Å². The normalized spacial score (nSPS) is 9.75. The van der Waals surface area contributed by atoms with Gasteiger partial charge in [0.1, 0.15) is 6.54 Å². The summed E-state index contributed by atoms with van der Waals surface area (Å²) in [5.74, 6) is 0.0839. The van der Waals surface area contributed by atoms with Gasteiger partial charge in [-0.05, 0) is 31.2 Å². The summed E-state index contributed by atoms with van der Waals surface area (Å²) in [5, 5.41) is 10.6. The number of nitriles is 1. The molecule has 86 valence electrons. The number of hydrogen-bond acceptors (Lipinski definition) is 3. The van der Waals surface area contributed by atoms with Gasteiger partial charge in [-0.25, -0.2) is 0 Å². The standard InChI is InChI=1S/C12H16N2OS/c1-2-14(9-8-13)12(15)7-3-5-11-6-4-10-16-11/h4,6,10H,2-3,5,7,9H2,1H3. The van der Waals surface area contributed by atoms with Gasteiger partial charge in [0.05, 0.1) is 6.07 Å².